The van der Waals surface area contributed by atoms with E-state index in [2.05, 4.69) is 15.5 Å². The molecule has 1 atom stereocenters. The highest BCUT2D eigenvalue weighted by atomic mass is 16.2. The normalized spacial score (nSPS) is 24.9. The van der Waals surface area contributed by atoms with Crippen LogP contribution in [0.5, 0.6) is 0 Å². The van der Waals surface area contributed by atoms with Gasteiger partial charge in [0.2, 0.25) is 5.91 Å². The number of hydrogen-bond donors (Lipinski definition) is 2. The number of carbonyl (C=O) groups is 1. The van der Waals surface area contributed by atoms with Gasteiger partial charge in [0, 0.05) is 25.2 Å². The first-order valence-electron chi connectivity index (χ1n) is 7.03. The summed E-state index contributed by atoms with van der Waals surface area (Å²) in [6.45, 7) is 5.48. The van der Waals surface area contributed by atoms with E-state index >= 15 is 0 Å². The van der Waals surface area contributed by atoms with E-state index in [9.17, 15) is 4.79 Å². The van der Waals surface area contributed by atoms with Crippen molar-refractivity contribution in [3.63, 3.8) is 0 Å². The van der Waals surface area contributed by atoms with Crippen LogP contribution in [0.15, 0.2) is 0 Å². The molecule has 0 aromatic carbocycles. The van der Waals surface area contributed by atoms with Gasteiger partial charge < -0.3 is 10.6 Å². The van der Waals surface area contributed by atoms with E-state index in [1.165, 1.54) is 32.1 Å². The van der Waals surface area contributed by atoms with Crippen molar-refractivity contribution in [1.82, 2.24) is 15.5 Å². The summed E-state index contributed by atoms with van der Waals surface area (Å²) >= 11 is 0. The largest absolute Gasteiger partial charge is 0.355 e. The third-order valence-electron chi connectivity index (χ3n) is 3.65. The second kappa shape index (κ2) is 6.36. The lowest BCUT2D eigenvalue weighted by Crippen LogP contribution is -2.47. The Balaban J connectivity index is 1.77. The lowest BCUT2D eigenvalue weighted by atomic mass is 10.0. The van der Waals surface area contributed by atoms with Gasteiger partial charge in [-0.05, 0) is 39.2 Å². The van der Waals surface area contributed by atoms with Gasteiger partial charge in [0.05, 0.1) is 6.54 Å². The Hall–Kier alpha value is -0.610. The summed E-state index contributed by atoms with van der Waals surface area (Å²) in [7, 11) is 0. The molecule has 2 aliphatic rings. The molecule has 2 fully saturated rings. The van der Waals surface area contributed by atoms with Gasteiger partial charge in [0.25, 0.3) is 0 Å². The standard InChI is InChI=1S/C13H25N3O/c1-2-14-13(17)10-16(12-6-7-12)9-11-5-3-4-8-15-11/h11-12,15H,2-10H2,1H3,(H,14,17). The highest BCUT2D eigenvalue weighted by Gasteiger charge is 2.31. The lowest BCUT2D eigenvalue weighted by molar-refractivity contribution is -0.122. The van der Waals surface area contributed by atoms with Gasteiger partial charge in [-0.1, -0.05) is 6.42 Å². The van der Waals surface area contributed by atoms with Crippen LogP contribution in [0.3, 0.4) is 0 Å². The highest BCUT2D eigenvalue weighted by molar-refractivity contribution is 5.78. The zero-order valence-corrected chi connectivity index (χ0v) is 10.9. The Bertz CT molecular complexity index is 247. The summed E-state index contributed by atoms with van der Waals surface area (Å²) < 4.78 is 0. The minimum atomic E-state index is 0.176. The maximum Gasteiger partial charge on any atom is 0.234 e. The quantitative estimate of drug-likeness (QED) is 0.718. The molecule has 4 heteroatoms. The molecule has 2 N–H and O–H groups in total. The van der Waals surface area contributed by atoms with E-state index in [1.54, 1.807) is 0 Å². The molecule has 1 saturated carbocycles. The number of rotatable bonds is 6. The molecule has 2 rings (SSSR count). The molecule has 4 nitrogen and oxygen atoms in total. The summed E-state index contributed by atoms with van der Waals surface area (Å²) in [5, 5.41) is 6.46. The molecule has 1 saturated heterocycles. The van der Waals surface area contributed by atoms with Crippen LogP contribution in [0.4, 0.5) is 0 Å². The summed E-state index contributed by atoms with van der Waals surface area (Å²) in [5.41, 5.74) is 0. The Labute approximate surface area is 104 Å². The predicted molar refractivity (Wildman–Crippen MR) is 68.9 cm³/mol. The number of nitrogens with zero attached hydrogens (tertiary/aromatic N) is 1. The molecule has 1 heterocycles. The summed E-state index contributed by atoms with van der Waals surface area (Å²) in [6, 6.07) is 1.26. The Morgan fingerprint density at radius 3 is 2.76 bits per heavy atom. The van der Waals surface area contributed by atoms with Gasteiger partial charge in [-0.2, -0.15) is 0 Å². The van der Waals surface area contributed by atoms with E-state index in [0.29, 0.717) is 18.6 Å². The van der Waals surface area contributed by atoms with Crippen molar-refractivity contribution in [1.29, 1.82) is 0 Å². The van der Waals surface area contributed by atoms with E-state index in [-0.39, 0.29) is 5.91 Å². The van der Waals surface area contributed by atoms with Gasteiger partial charge in [-0.15, -0.1) is 0 Å². The molecule has 0 bridgehead atoms. The summed E-state index contributed by atoms with van der Waals surface area (Å²) in [5.74, 6) is 0.176. The average Bonchev–Trinajstić information content (AvgIpc) is 3.14. The number of likely N-dealkylation sites (N-methyl/N-ethyl adjacent to an activating group) is 1. The molecule has 0 spiro atoms. The lowest BCUT2D eigenvalue weighted by Gasteiger charge is -2.30. The fourth-order valence-electron chi connectivity index (χ4n) is 2.58. The second-order valence-corrected chi connectivity index (χ2v) is 5.26. The maximum absolute atomic E-state index is 11.7. The van der Waals surface area contributed by atoms with Crippen molar-refractivity contribution in [2.45, 2.75) is 51.1 Å². The van der Waals surface area contributed by atoms with E-state index in [1.807, 2.05) is 6.92 Å². The second-order valence-electron chi connectivity index (χ2n) is 5.26. The van der Waals surface area contributed by atoms with Gasteiger partial charge in [0.15, 0.2) is 0 Å². The predicted octanol–water partition coefficient (Wildman–Crippen LogP) is 0.729. The van der Waals surface area contributed by atoms with Crippen molar-refractivity contribution >= 4 is 5.91 Å². The number of carbonyl (C=O) groups excluding carboxylic acids is 1. The van der Waals surface area contributed by atoms with Crippen molar-refractivity contribution in [3.05, 3.63) is 0 Å². The number of nitrogens with one attached hydrogen (secondary N) is 2. The van der Waals surface area contributed by atoms with E-state index in [0.717, 1.165) is 19.6 Å². The maximum atomic E-state index is 11.7. The fourth-order valence-corrected chi connectivity index (χ4v) is 2.58. The van der Waals surface area contributed by atoms with Gasteiger partial charge in [-0.3, -0.25) is 9.69 Å². The minimum absolute atomic E-state index is 0.176. The fraction of sp³-hybridized carbons (Fsp3) is 0.923. The van der Waals surface area contributed by atoms with Gasteiger partial charge >= 0.3 is 0 Å². The first kappa shape index (κ1) is 12.8. The smallest absolute Gasteiger partial charge is 0.234 e. The van der Waals surface area contributed by atoms with Crippen LogP contribution in [-0.4, -0.2) is 49.1 Å². The summed E-state index contributed by atoms with van der Waals surface area (Å²) in [4.78, 5) is 14.0. The number of piperidine rings is 1. The minimum Gasteiger partial charge on any atom is -0.355 e. The molecule has 0 aromatic heterocycles. The van der Waals surface area contributed by atoms with Crippen molar-refractivity contribution < 1.29 is 4.79 Å². The SMILES string of the molecule is CCNC(=O)CN(CC1CCCCN1)C1CC1. The van der Waals surface area contributed by atoms with Crippen LogP contribution in [0.1, 0.15) is 39.0 Å². The first-order valence-corrected chi connectivity index (χ1v) is 7.03. The van der Waals surface area contributed by atoms with E-state index in [4.69, 9.17) is 0 Å². The van der Waals surface area contributed by atoms with Crippen LogP contribution in [0.2, 0.25) is 0 Å². The van der Waals surface area contributed by atoms with Crippen molar-refractivity contribution in [3.8, 4) is 0 Å². The van der Waals surface area contributed by atoms with Gasteiger partial charge in [-0.25, -0.2) is 0 Å². The highest BCUT2D eigenvalue weighted by Crippen LogP contribution is 2.27. The third-order valence-corrected chi connectivity index (χ3v) is 3.65. The molecule has 1 amide bonds. The molecule has 0 aromatic rings. The molecule has 1 aliphatic carbocycles. The first-order chi connectivity index (χ1) is 8.29. The number of amides is 1. The van der Waals surface area contributed by atoms with Crippen molar-refractivity contribution in [2.24, 2.45) is 0 Å². The third kappa shape index (κ3) is 4.28. The zero-order chi connectivity index (χ0) is 12.1. The van der Waals surface area contributed by atoms with Crippen molar-refractivity contribution in [2.75, 3.05) is 26.2 Å². The molecular formula is C13H25N3O. The molecule has 0 radical (unpaired) electrons. The topological polar surface area (TPSA) is 44.4 Å². The van der Waals surface area contributed by atoms with E-state index < -0.39 is 0 Å². The van der Waals surface area contributed by atoms with Crippen LogP contribution >= 0.6 is 0 Å². The van der Waals surface area contributed by atoms with Crippen LogP contribution in [0, 0.1) is 0 Å². The Kier molecular flexibility index (Phi) is 4.80. The molecule has 1 aliphatic heterocycles. The number of hydrogen-bond acceptors (Lipinski definition) is 3. The van der Waals surface area contributed by atoms with Crippen LogP contribution in [0.25, 0.3) is 0 Å². The molecular weight excluding hydrogens is 214 g/mol. The van der Waals surface area contributed by atoms with Gasteiger partial charge in [0.1, 0.15) is 0 Å². The average molecular weight is 239 g/mol. The zero-order valence-electron chi connectivity index (χ0n) is 10.9. The monoisotopic (exact) mass is 239 g/mol. The molecule has 98 valence electrons. The van der Waals surface area contributed by atoms with Crippen LogP contribution < -0.4 is 10.6 Å². The van der Waals surface area contributed by atoms with Crippen LogP contribution in [-0.2, 0) is 4.79 Å². The molecule has 17 heavy (non-hydrogen) atoms. The Morgan fingerprint density at radius 2 is 2.18 bits per heavy atom. The molecule has 1 unspecified atom stereocenters. The Morgan fingerprint density at radius 1 is 1.35 bits per heavy atom. The summed E-state index contributed by atoms with van der Waals surface area (Å²) in [6.07, 6.45) is 6.43.